The van der Waals surface area contributed by atoms with Crippen molar-refractivity contribution in [2.45, 2.75) is 20.3 Å². The van der Waals surface area contributed by atoms with Gasteiger partial charge in [0.2, 0.25) is 0 Å². The van der Waals surface area contributed by atoms with Crippen LogP contribution in [0.2, 0.25) is 0 Å². The normalized spacial score (nSPS) is 10.5. The van der Waals surface area contributed by atoms with Crippen molar-refractivity contribution < 1.29 is 34.8 Å². The Kier molecular flexibility index (Phi) is 6.63. The predicted octanol–water partition coefficient (Wildman–Crippen LogP) is 3.72. The molecule has 168 valence electrons. The van der Waals surface area contributed by atoms with E-state index in [1.165, 1.54) is 26.0 Å². The van der Waals surface area contributed by atoms with Crippen LogP contribution in [0, 0.1) is 0 Å². The molecule has 0 amide bonds. The van der Waals surface area contributed by atoms with E-state index >= 15 is 0 Å². The number of carboxylic acid groups (broad SMARTS) is 2. The lowest BCUT2D eigenvalue weighted by Crippen LogP contribution is -2.11. The van der Waals surface area contributed by atoms with Crippen molar-refractivity contribution in [1.29, 1.82) is 0 Å². The Morgan fingerprint density at radius 3 is 1.36 bits per heavy atom. The first-order valence-electron chi connectivity index (χ1n) is 9.98. The van der Waals surface area contributed by atoms with E-state index in [-0.39, 0.29) is 34.5 Å². The number of hydrogen-bond donors (Lipinski definition) is 2. The SMILES string of the molecule is CC(C)=O.O=C(O)c1cc2ccccc2c(Cc2c([O-])c(C(=O)O)cc3ccccc23)c1[O-]. The minimum Gasteiger partial charge on any atom is -0.872 e. The Morgan fingerprint density at radius 2 is 1.03 bits per heavy atom. The molecule has 0 heterocycles. The van der Waals surface area contributed by atoms with Gasteiger partial charge in [-0.25, -0.2) is 9.59 Å². The molecule has 0 spiro atoms. The van der Waals surface area contributed by atoms with Crippen LogP contribution in [0.15, 0.2) is 60.7 Å². The smallest absolute Gasteiger partial charge is 0.335 e. The van der Waals surface area contributed by atoms with Crippen LogP contribution in [0.1, 0.15) is 45.7 Å². The quantitative estimate of drug-likeness (QED) is 0.489. The lowest BCUT2D eigenvalue weighted by molar-refractivity contribution is -0.270. The van der Waals surface area contributed by atoms with Crippen molar-refractivity contribution in [3.8, 4) is 11.5 Å². The zero-order valence-corrected chi connectivity index (χ0v) is 17.9. The Balaban J connectivity index is 0.000000709. The molecular formula is C26H20O7-2. The standard InChI is InChI=1S/C23H16O6.C3H6O/c24-20-16(14-7-3-1-5-12(14)9-18(20)22(26)27)11-17-15-8-4-2-6-13(15)10-19(21(17)25)23(28)29;1-3(2)4/h1-10,24-25H,11H2,(H,26,27)(H,28,29);1-2H3/p-2. The first-order chi connectivity index (χ1) is 15.6. The van der Waals surface area contributed by atoms with Crippen LogP contribution in [-0.2, 0) is 11.2 Å². The number of carbonyl (C=O) groups excluding carboxylic acids is 1. The van der Waals surface area contributed by atoms with E-state index in [0.717, 1.165) is 0 Å². The summed E-state index contributed by atoms with van der Waals surface area (Å²) in [5.74, 6) is -3.90. The second kappa shape index (κ2) is 9.40. The third kappa shape index (κ3) is 4.77. The average molecular weight is 444 g/mol. The molecule has 0 unspecified atom stereocenters. The molecule has 0 fully saturated rings. The average Bonchev–Trinajstić information content (AvgIpc) is 2.75. The highest BCUT2D eigenvalue weighted by molar-refractivity contribution is 6.02. The number of benzene rings is 4. The topological polar surface area (TPSA) is 138 Å². The maximum absolute atomic E-state index is 12.9. The zero-order chi connectivity index (χ0) is 24.3. The first-order valence-corrected chi connectivity index (χ1v) is 9.98. The number of hydrogen-bond acceptors (Lipinski definition) is 5. The summed E-state index contributed by atoms with van der Waals surface area (Å²) in [7, 11) is 0. The van der Waals surface area contributed by atoms with Gasteiger partial charge >= 0.3 is 11.9 Å². The number of ketones is 1. The molecule has 4 aromatic rings. The van der Waals surface area contributed by atoms with E-state index in [9.17, 15) is 34.8 Å². The Bertz CT molecular complexity index is 1300. The summed E-state index contributed by atoms with van der Waals surface area (Å²) in [5.41, 5.74) is -0.453. The summed E-state index contributed by atoms with van der Waals surface area (Å²) < 4.78 is 0. The van der Waals surface area contributed by atoms with Gasteiger partial charge in [-0.15, -0.1) is 0 Å². The number of aromatic carboxylic acids is 2. The van der Waals surface area contributed by atoms with E-state index in [4.69, 9.17) is 0 Å². The van der Waals surface area contributed by atoms with Gasteiger partial charge < -0.3 is 25.2 Å². The zero-order valence-electron chi connectivity index (χ0n) is 17.9. The monoisotopic (exact) mass is 444 g/mol. The number of carbonyl (C=O) groups is 3. The molecule has 0 atom stereocenters. The van der Waals surface area contributed by atoms with Gasteiger partial charge in [-0.05, 0) is 65.1 Å². The highest BCUT2D eigenvalue weighted by Crippen LogP contribution is 2.36. The molecule has 7 nitrogen and oxygen atoms in total. The third-order valence-corrected chi connectivity index (χ3v) is 5.02. The predicted molar refractivity (Wildman–Crippen MR) is 120 cm³/mol. The summed E-state index contributed by atoms with van der Waals surface area (Å²) >= 11 is 0. The lowest BCUT2D eigenvalue weighted by Gasteiger charge is -2.24. The fourth-order valence-electron chi connectivity index (χ4n) is 3.65. The highest BCUT2D eigenvalue weighted by atomic mass is 16.4. The number of carboxylic acids is 2. The Labute approximate surface area is 189 Å². The molecule has 7 heteroatoms. The number of rotatable bonds is 4. The second-order valence-electron chi connectivity index (χ2n) is 7.60. The molecule has 0 aliphatic heterocycles. The van der Waals surface area contributed by atoms with Crippen LogP contribution >= 0.6 is 0 Å². The maximum Gasteiger partial charge on any atom is 0.335 e. The molecule has 0 radical (unpaired) electrons. The summed E-state index contributed by atoms with van der Waals surface area (Å²) in [6.45, 7) is 3.06. The van der Waals surface area contributed by atoms with Gasteiger partial charge in [-0.3, -0.25) is 0 Å². The van der Waals surface area contributed by atoms with E-state index in [1.54, 1.807) is 48.5 Å². The maximum atomic E-state index is 12.9. The largest absolute Gasteiger partial charge is 0.872 e. The fraction of sp³-hybridized carbons (Fsp3) is 0.115. The van der Waals surface area contributed by atoms with Crippen LogP contribution < -0.4 is 10.2 Å². The van der Waals surface area contributed by atoms with E-state index < -0.39 is 23.4 Å². The van der Waals surface area contributed by atoms with E-state index in [1.807, 2.05) is 0 Å². The molecule has 4 rings (SSSR count). The number of Topliss-reactive ketones (excluding diaryl/α,β-unsaturated/α-hetero) is 1. The van der Waals surface area contributed by atoms with Crippen molar-refractivity contribution in [2.75, 3.05) is 0 Å². The van der Waals surface area contributed by atoms with Crippen LogP contribution in [0.3, 0.4) is 0 Å². The van der Waals surface area contributed by atoms with Crippen molar-refractivity contribution in [2.24, 2.45) is 0 Å². The second-order valence-corrected chi connectivity index (χ2v) is 7.60. The van der Waals surface area contributed by atoms with Crippen molar-refractivity contribution in [3.05, 3.63) is 82.9 Å². The molecule has 4 aromatic carbocycles. The molecule has 33 heavy (non-hydrogen) atoms. The lowest BCUT2D eigenvalue weighted by atomic mass is 9.90. The fourth-order valence-corrected chi connectivity index (χ4v) is 3.65. The van der Waals surface area contributed by atoms with Gasteiger partial charge in [-0.1, -0.05) is 60.0 Å². The van der Waals surface area contributed by atoms with Gasteiger partial charge in [0.1, 0.15) is 5.78 Å². The Morgan fingerprint density at radius 1 is 0.697 bits per heavy atom. The number of fused-ring (bicyclic) bond motifs is 2. The van der Waals surface area contributed by atoms with Gasteiger partial charge in [0.15, 0.2) is 0 Å². The molecular weight excluding hydrogens is 424 g/mol. The van der Waals surface area contributed by atoms with Crippen LogP contribution in [0.5, 0.6) is 11.5 Å². The molecule has 0 aliphatic rings. The van der Waals surface area contributed by atoms with Crippen molar-refractivity contribution >= 4 is 39.3 Å². The van der Waals surface area contributed by atoms with Gasteiger partial charge in [0.25, 0.3) is 0 Å². The molecule has 0 aromatic heterocycles. The molecule has 0 bridgehead atoms. The first kappa shape index (κ1) is 23.3. The molecule has 0 aliphatic carbocycles. The van der Waals surface area contributed by atoms with Crippen LogP contribution in [-0.4, -0.2) is 27.9 Å². The molecule has 0 saturated carbocycles. The summed E-state index contributed by atoms with van der Waals surface area (Å²) in [6.07, 6.45) is -0.166. The molecule has 2 N–H and O–H groups in total. The third-order valence-electron chi connectivity index (χ3n) is 5.02. The van der Waals surface area contributed by atoms with E-state index in [2.05, 4.69) is 0 Å². The summed E-state index contributed by atoms with van der Waals surface area (Å²) in [6, 6.07) is 16.3. The van der Waals surface area contributed by atoms with Crippen LogP contribution in [0.4, 0.5) is 0 Å². The van der Waals surface area contributed by atoms with Crippen molar-refractivity contribution in [3.63, 3.8) is 0 Å². The Hall–Kier alpha value is -4.39. The van der Waals surface area contributed by atoms with Gasteiger partial charge in [0, 0.05) is 0 Å². The minimum absolute atomic E-state index is 0.158. The van der Waals surface area contributed by atoms with E-state index in [0.29, 0.717) is 21.5 Å². The summed E-state index contributed by atoms with van der Waals surface area (Å²) in [5, 5.41) is 46.8. The highest BCUT2D eigenvalue weighted by Gasteiger charge is 2.16. The van der Waals surface area contributed by atoms with Gasteiger partial charge in [-0.2, -0.15) is 0 Å². The van der Waals surface area contributed by atoms with Crippen molar-refractivity contribution in [1.82, 2.24) is 0 Å². The van der Waals surface area contributed by atoms with Gasteiger partial charge in [0.05, 0.1) is 11.1 Å². The summed E-state index contributed by atoms with van der Waals surface area (Å²) in [4.78, 5) is 32.6. The van der Waals surface area contributed by atoms with Crippen LogP contribution in [0.25, 0.3) is 21.5 Å². The minimum atomic E-state index is -1.35. The molecule has 0 saturated heterocycles.